The van der Waals surface area contributed by atoms with Gasteiger partial charge < -0.3 is 0 Å². The Morgan fingerprint density at radius 2 is 1.32 bits per heavy atom. The van der Waals surface area contributed by atoms with E-state index in [0.717, 1.165) is 0 Å². The van der Waals surface area contributed by atoms with E-state index in [1.807, 2.05) is 0 Å². The number of fused-ring (bicyclic) bond motifs is 3. The van der Waals surface area contributed by atoms with E-state index in [2.05, 4.69) is 88.8 Å². The Kier molecular flexibility index (Phi) is 3.59. The van der Waals surface area contributed by atoms with Crippen LogP contribution in [-0.4, -0.2) is 0 Å². The molecule has 0 aliphatic heterocycles. The molecule has 5 rings (SSSR count). The van der Waals surface area contributed by atoms with Gasteiger partial charge in [0, 0.05) is 13.5 Å². The number of hydrogen-bond donors (Lipinski definition) is 0. The van der Waals surface area contributed by atoms with Crippen molar-refractivity contribution in [2.75, 3.05) is 0 Å². The first-order valence-electron chi connectivity index (χ1n) is 9.52. The van der Waals surface area contributed by atoms with E-state index in [1.54, 1.807) is 11.1 Å². The van der Waals surface area contributed by atoms with E-state index in [-0.39, 0.29) is 5.41 Å². The molecule has 3 aliphatic rings. The third-order valence-corrected chi connectivity index (χ3v) is 8.95. The van der Waals surface area contributed by atoms with Crippen LogP contribution in [0, 0.1) is 14.4 Å². The van der Waals surface area contributed by atoms with E-state index < -0.39 is 0 Å². The average Bonchev–Trinajstić information content (AvgIpc) is 2.82. The molecule has 1 spiro atoms. The Hall–Kier alpha value is -0.350. The molecular formula is C23H24BrI. The summed E-state index contributed by atoms with van der Waals surface area (Å²) in [5.74, 6) is 0. The number of benzene rings is 2. The van der Waals surface area contributed by atoms with E-state index in [0.29, 0.717) is 10.8 Å². The van der Waals surface area contributed by atoms with Crippen molar-refractivity contribution < 1.29 is 0 Å². The Morgan fingerprint density at radius 3 is 1.92 bits per heavy atom. The van der Waals surface area contributed by atoms with Crippen molar-refractivity contribution in [1.29, 1.82) is 0 Å². The first-order valence-corrected chi connectivity index (χ1v) is 11.4. The zero-order valence-electron chi connectivity index (χ0n) is 15.0. The van der Waals surface area contributed by atoms with Crippen molar-refractivity contribution in [2.24, 2.45) is 10.8 Å². The maximum Gasteiger partial charge on any atom is 0.0323 e. The van der Waals surface area contributed by atoms with Gasteiger partial charge in [0.2, 0.25) is 0 Å². The molecule has 2 saturated carbocycles. The monoisotopic (exact) mass is 506 g/mol. The second-order valence-electron chi connectivity index (χ2n) is 8.96. The van der Waals surface area contributed by atoms with Crippen LogP contribution in [0.1, 0.15) is 63.5 Å². The predicted molar refractivity (Wildman–Crippen MR) is 117 cm³/mol. The summed E-state index contributed by atoms with van der Waals surface area (Å²) in [6, 6.07) is 14.2. The van der Waals surface area contributed by atoms with Crippen molar-refractivity contribution in [3.8, 4) is 11.1 Å². The van der Waals surface area contributed by atoms with Gasteiger partial charge in [0.05, 0.1) is 0 Å². The summed E-state index contributed by atoms with van der Waals surface area (Å²) in [6.45, 7) is 5.20. The summed E-state index contributed by atoms with van der Waals surface area (Å²) >= 11 is 6.29. The molecule has 25 heavy (non-hydrogen) atoms. The molecule has 2 bridgehead atoms. The minimum Gasteiger partial charge on any atom is -0.0584 e. The summed E-state index contributed by atoms with van der Waals surface area (Å²) in [5, 5.41) is 0. The molecule has 0 aromatic heterocycles. The van der Waals surface area contributed by atoms with Crippen LogP contribution >= 0.6 is 38.5 Å². The van der Waals surface area contributed by atoms with E-state index in [9.17, 15) is 0 Å². The lowest BCUT2D eigenvalue weighted by atomic mass is 9.38. The molecule has 3 aliphatic carbocycles. The second-order valence-corrected chi connectivity index (χ2v) is 11.1. The van der Waals surface area contributed by atoms with E-state index in [1.165, 1.54) is 57.7 Å². The third kappa shape index (κ3) is 1.94. The summed E-state index contributed by atoms with van der Waals surface area (Å²) in [6.07, 6.45) is 8.21. The summed E-state index contributed by atoms with van der Waals surface area (Å²) < 4.78 is 2.60. The van der Waals surface area contributed by atoms with Crippen LogP contribution in [0.2, 0.25) is 0 Å². The van der Waals surface area contributed by atoms with Crippen LogP contribution in [-0.2, 0) is 5.41 Å². The van der Waals surface area contributed by atoms with Gasteiger partial charge in [0.15, 0.2) is 0 Å². The van der Waals surface area contributed by atoms with Gasteiger partial charge in [-0.1, -0.05) is 54.8 Å². The molecule has 0 unspecified atom stereocenters. The minimum absolute atomic E-state index is 0.173. The van der Waals surface area contributed by atoms with Crippen molar-refractivity contribution in [3.63, 3.8) is 0 Å². The van der Waals surface area contributed by atoms with Gasteiger partial charge in [-0.3, -0.25) is 0 Å². The van der Waals surface area contributed by atoms with Crippen LogP contribution in [0.15, 0.2) is 40.9 Å². The van der Waals surface area contributed by atoms with E-state index in [4.69, 9.17) is 0 Å². The molecule has 0 radical (unpaired) electrons. The maximum absolute atomic E-state index is 3.79. The highest BCUT2D eigenvalue weighted by molar-refractivity contribution is 14.1. The smallest absolute Gasteiger partial charge is 0.0323 e. The van der Waals surface area contributed by atoms with Crippen LogP contribution in [0.3, 0.4) is 0 Å². The lowest BCUT2D eigenvalue weighted by Gasteiger charge is -2.65. The average molecular weight is 507 g/mol. The number of hydrogen-bond acceptors (Lipinski definition) is 0. The first kappa shape index (κ1) is 16.8. The highest BCUT2D eigenvalue weighted by Gasteiger charge is 2.66. The van der Waals surface area contributed by atoms with Crippen molar-refractivity contribution >= 4 is 38.5 Å². The lowest BCUT2D eigenvalue weighted by molar-refractivity contribution is -0.0629. The van der Waals surface area contributed by atoms with Gasteiger partial charge in [-0.25, -0.2) is 0 Å². The summed E-state index contributed by atoms with van der Waals surface area (Å²) in [7, 11) is 0. The number of halogens is 2. The largest absolute Gasteiger partial charge is 0.0584 e. The Balaban J connectivity index is 1.95. The highest BCUT2D eigenvalue weighted by Crippen LogP contribution is 2.74. The van der Waals surface area contributed by atoms with Crippen LogP contribution in [0.5, 0.6) is 0 Å². The Labute approximate surface area is 173 Å². The predicted octanol–water partition coefficient (Wildman–Crippen LogP) is 7.70. The molecule has 0 heterocycles. The van der Waals surface area contributed by atoms with Crippen LogP contribution < -0.4 is 0 Å². The molecule has 2 fully saturated rings. The highest BCUT2D eigenvalue weighted by atomic mass is 127. The topological polar surface area (TPSA) is 0 Å². The van der Waals surface area contributed by atoms with Gasteiger partial charge in [-0.15, -0.1) is 0 Å². The molecule has 2 aromatic carbocycles. The van der Waals surface area contributed by atoms with Gasteiger partial charge >= 0.3 is 0 Å². The normalized spacial score (nSPS) is 35.5. The molecular weight excluding hydrogens is 483 g/mol. The molecule has 2 heteroatoms. The minimum atomic E-state index is 0.173. The van der Waals surface area contributed by atoms with Crippen LogP contribution in [0.4, 0.5) is 0 Å². The van der Waals surface area contributed by atoms with Crippen molar-refractivity contribution in [1.82, 2.24) is 0 Å². The summed E-state index contributed by atoms with van der Waals surface area (Å²) in [5.41, 5.74) is 7.10. The zero-order chi connectivity index (χ0) is 17.4. The Bertz CT molecular complexity index is 800. The number of rotatable bonds is 0. The fourth-order valence-electron chi connectivity index (χ4n) is 7.03. The van der Waals surface area contributed by atoms with Crippen LogP contribution in [0.25, 0.3) is 11.1 Å². The van der Waals surface area contributed by atoms with Gasteiger partial charge in [-0.05, 0) is 106 Å². The zero-order valence-corrected chi connectivity index (χ0v) is 18.7. The Morgan fingerprint density at radius 1 is 0.800 bits per heavy atom. The van der Waals surface area contributed by atoms with Gasteiger partial charge in [0.1, 0.15) is 0 Å². The standard InChI is InChI=1S/C23H24BrI/c1-21-9-3-11-22(2,12-4-10-21)23(21)19-13-15(24)5-7-17(19)18-8-6-16(25)14-20(18)23/h5-8,13-14H,3-4,9-12H2,1-2H3. The van der Waals surface area contributed by atoms with Gasteiger partial charge in [0.25, 0.3) is 0 Å². The molecule has 130 valence electrons. The third-order valence-electron chi connectivity index (χ3n) is 7.79. The molecule has 0 atom stereocenters. The fourth-order valence-corrected chi connectivity index (χ4v) is 7.89. The van der Waals surface area contributed by atoms with Gasteiger partial charge in [-0.2, -0.15) is 0 Å². The SMILES string of the molecule is CC12CCCC(C)(CCC1)C21c2cc(Br)ccc2-c2ccc(I)cc21. The first-order chi connectivity index (χ1) is 11.9. The molecule has 0 N–H and O–H groups in total. The maximum atomic E-state index is 3.79. The van der Waals surface area contributed by atoms with Crippen molar-refractivity contribution in [3.05, 3.63) is 55.6 Å². The fraction of sp³-hybridized carbons (Fsp3) is 0.478. The van der Waals surface area contributed by atoms with Crippen molar-refractivity contribution in [2.45, 2.75) is 57.8 Å². The summed E-state index contributed by atoms with van der Waals surface area (Å²) in [4.78, 5) is 0. The molecule has 0 amide bonds. The van der Waals surface area contributed by atoms with E-state index >= 15 is 0 Å². The molecule has 0 saturated heterocycles. The lowest BCUT2D eigenvalue weighted by Crippen LogP contribution is -2.59. The quantitative estimate of drug-likeness (QED) is 0.321. The molecule has 0 nitrogen and oxygen atoms in total. The second kappa shape index (κ2) is 5.34. The molecule has 2 aromatic rings.